The highest BCUT2D eigenvalue weighted by atomic mass is 32.2. The van der Waals surface area contributed by atoms with E-state index >= 15 is 0 Å². The van der Waals surface area contributed by atoms with Crippen LogP contribution in [0.2, 0.25) is 0 Å². The van der Waals surface area contributed by atoms with Crippen LogP contribution < -0.4 is 10.5 Å². The SMILES string of the molecule is Cc1cnc(CNS(=O)(=O)c2ccc(N)cc2C(=O)O)s1. The molecule has 0 amide bonds. The summed E-state index contributed by atoms with van der Waals surface area (Å²) in [5, 5.41) is 9.68. The van der Waals surface area contributed by atoms with Gasteiger partial charge in [-0.25, -0.2) is 22.9 Å². The Morgan fingerprint density at radius 1 is 1.48 bits per heavy atom. The number of nitrogen functional groups attached to an aromatic ring is 1. The normalized spacial score (nSPS) is 11.5. The summed E-state index contributed by atoms with van der Waals surface area (Å²) in [6.45, 7) is 1.86. The minimum absolute atomic E-state index is 0.00424. The highest BCUT2D eigenvalue weighted by molar-refractivity contribution is 7.89. The lowest BCUT2D eigenvalue weighted by Crippen LogP contribution is -2.25. The molecule has 1 aromatic heterocycles. The summed E-state index contributed by atoms with van der Waals surface area (Å²) in [5.74, 6) is -1.35. The Morgan fingerprint density at radius 2 is 2.19 bits per heavy atom. The van der Waals surface area contributed by atoms with Crippen LogP contribution in [0, 0.1) is 6.92 Å². The van der Waals surface area contributed by atoms with E-state index in [1.807, 2.05) is 6.92 Å². The van der Waals surface area contributed by atoms with Crippen molar-refractivity contribution in [2.45, 2.75) is 18.4 Å². The Kier molecular flexibility index (Phi) is 4.26. The van der Waals surface area contributed by atoms with E-state index in [1.165, 1.54) is 23.5 Å². The third-order valence-corrected chi connectivity index (χ3v) is 4.98. The number of aromatic nitrogens is 1. The first kappa shape index (κ1) is 15.4. The highest BCUT2D eigenvalue weighted by Crippen LogP contribution is 2.20. The van der Waals surface area contributed by atoms with Crippen LogP contribution in [0.4, 0.5) is 5.69 Å². The molecule has 0 radical (unpaired) electrons. The van der Waals surface area contributed by atoms with Crippen LogP contribution in [-0.2, 0) is 16.6 Å². The zero-order valence-electron chi connectivity index (χ0n) is 11.0. The number of nitrogens with zero attached hydrogens (tertiary/aromatic N) is 1. The van der Waals surface area contributed by atoms with Gasteiger partial charge >= 0.3 is 5.97 Å². The number of rotatable bonds is 5. The number of thiazole rings is 1. The van der Waals surface area contributed by atoms with Gasteiger partial charge in [0, 0.05) is 16.8 Å². The minimum Gasteiger partial charge on any atom is -0.478 e. The van der Waals surface area contributed by atoms with Crippen molar-refractivity contribution in [2.75, 3.05) is 5.73 Å². The molecule has 0 atom stereocenters. The van der Waals surface area contributed by atoms with Crippen LogP contribution >= 0.6 is 11.3 Å². The van der Waals surface area contributed by atoms with E-state index in [0.29, 0.717) is 5.01 Å². The molecular weight excluding hydrogens is 314 g/mol. The Bertz CT molecular complexity index is 784. The molecule has 1 aromatic carbocycles. The van der Waals surface area contributed by atoms with Gasteiger partial charge in [-0.2, -0.15) is 0 Å². The smallest absolute Gasteiger partial charge is 0.337 e. The Hall–Kier alpha value is -1.97. The molecule has 112 valence electrons. The Balaban J connectivity index is 2.29. The summed E-state index contributed by atoms with van der Waals surface area (Å²) in [6, 6.07) is 3.63. The van der Waals surface area contributed by atoms with Gasteiger partial charge in [-0.15, -0.1) is 11.3 Å². The fourth-order valence-corrected chi connectivity index (χ4v) is 3.65. The van der Waals surface area contributed by atoms with Crippen molar-refractivity contribution in [3.8, 4) is 0 Å². The lowest BCUT2D eigenvalue weighted by atomic mass is 10.2. The third kappa shape index (κ3) is 3.57. The number of carboxylic acids is 1. The second kappa shape index (κ2) is 5.80. The van der Waals surface area contributed by atoms with Gasteiger partial charge in [-0.05, 0) is 25.1 Å². The molecular formula is C12H13N3O4S2. The number of carboxylic acid groups (broad SMARTS) is 1. The molecule has 1 heterocycles. The first-order chi connectivity index (χ1) is 9.79. The molecule has 21 heavy (non-hydrogen) atoms. The number of nitrogens with one attached hydrogen (secondary N) is 1. The van der Waals surface area contributed by atoms with Crippen molar-refractivity contribution in [3.63, 3.8) is 0 Å². The van der Waals surface area contributed by atoms with E-state index in [0.717, 1.165) is 10.9 Å². The van der Waals surface area contributed by atoms with Crippen molar-refractivity contribution in [3.05, 3.63) is 39.8 Å². The first-order valence-electron chi connectivity index (χ1n) is 5.83. The van der Waals surface area contributed by atoms with Gasteiger partial charge in [0.25, 0.3) is 0 Å². The zero-order valence-corrected chi connectivity index (χ0v) is 12.7. The molecule has 0 saturated carbocycles. The van der Waals surface area contributed by atoms with E-state index in [-0.39, 0.29) is 22.7 Å². The van der Waals surface area contributed by atoms with Crippen LogP contribution in [-0.4, -0.2) is 24.5 Å². The van der Waals surface area contributed by atoms with E-state index in [9.17, 15) is 13.2 Å². The lowest BCUT2D eigenvalue weighted by molar-refractivity contribution is 0.0692. The lowest BCUT2D eigenvalue weighted by Gasteiger charge is -2.09. The van der Waals surface area contributed by atoms with E-state index < -0.39 is 16.0 Å². The summed E-state index contributed by atoms with van der Waals surface area (Å²) < 4.78 is 26.8. The van der Waals surface area contributed by atoms with E-state index in [4.69, 9.17) is 10.8 Å². The topological polar surface area (TPSA) is 122 Å². The number of hydrogen-bond donors (Lipinski definition) is 3. The molecule has 0 bridgehead atoms. The maximum absolute atomic E-state index is 12.2. The van der Waals surface area contributed by atoms with E-state index in [1.54, 1.807) is 6.20 Å². The monoisotopic (exact) mass is 327 g/mol. The van der Waals surface area contributed by atoms with Crippen molar-refractivity contribution in [1.82, 2.24) is 9.71 Å². The highest BCUT2D eigenvalue weighted by Gasteiger charge is 2.22. The molecule has 0 fully saturated rings. The average molecular weight is 327 g/mol. The molecule has 0 saturated heterocycles. The second-order valence-electron chi connectivity index (χ2n) is 4.25. The van der Waals surface area contributed by atoms with Crippen LogP contribution in [0.3, 0.4) is 0 Å². The summed E-state index contributed by atoms with van der Waals surface area (Å²) >= 11 is 1.36. The van der Waals surface area contributed by atoms with Gasteiger partial charge in [-0.1, -0.05) is 0 Å². The maximum atomic E-state index is 12.2. The number of nitrogens with two attached hydrogens (primary N) is 1. The summed E-state index contributed by atoms with van der Waals surface area (Å²) in [6.07, 6.45) is 1.64. The van der Waals surface area contributed by atoms with Gasteiger partial charge in [-0.3, -0.25) is 0 Å². The Morgan fingerprint density at radius 3 is 2.76 bits per heavy atom. The maximum Gasteiger partial charge on any atom is 0.337 e. The molecule has 9 heteroatoms. The summed E-state index contributed by atoms with van der Waals surface area (Å²) in [4.78, 5) is 15.8. The number of aryl methyl sites for hydroxylation is 1. The molecule has 0 spiro atoms. The molecule has 2 aromatic rings. The number of aromatic carboxylic acids is 1. The first-order valence-corrected chi connectivity index (χ1v) is 8.13. The molecule has 0 aliphatic heterocycles. The summed E-state index contributed by atoms with van der Waals surface area (Å²) in [7, 11) is -3.96. The minimum atomic E-state index is -3.96. The molecule has 0 aliphatic rings. The molecule has 2 rings (SSSR count). The van der Waals surface area contributed by atoms with E-state index in [2.05, 4.69) is 9.71 Å². The number of hydrogen-bond acceptors (Lipinski definition) is 6. The molecule has 4 N–H and O–H groups in total. The zero-order chi connectivity index (χ0) is 15.6. The predicted molar refractivity (Wildman–Crippen MR) is 78.7 cm³/mol. The van der Waals surface area contributed by atoms with Crippen LogP contribution in [0.15, 0.2) is 29.3 Å². The third-order valence-electron chi connectivity index (χ3n) is 2.61. The van der Waals surface area contributed by atoms with Crippen LogP contribution in [0.1, 0.15) is 20.2 Å². The predicted octanol–water partition coefficient (Wildman–Crippen LogP) is 1.21. The van der Waals surface area contributed by atoms with Crippen molar-refractivity contribution >= 4 is 33.0 Å². The number of anilines is 1. The fraction of sp³-hybridized carbons (Fsp3) is 0.167. The molecule has 7 nitrogen and oxygen atoms in total. The van der Waals surface area contributed by atoms with Gasteiger partial charge in [0.1, 0.15) is 5.01 Å². The molecule has 0 unspecified atom stereocenters. The number of sulfonamides is 1. The standard InChI is InChI=1S/C12H13N3O4S2/c1-7-5-14-11(20-7)6-15-21(18,19)10-3-2-8(13)4-9(10)12(16)17/h2-5,15H,6,13H2,1H3,(H,16,17). The quantitative estimate of drug-likeness (QED) is 0.709. The van der Waals surface area contributed by atoms with Crippen molar-refractivity contribution in [1.29, 1.82) is 0 Å². The Labute approximate surface area is 125 Å². The number of benzene rings is 1. The molecule has 0 aliphatic carbocycles. The van der Waals surface area contributed by atoms with Gasteiger partial charge in [0.15, 0.2) is 0 Å². The average Bonchev–Trinajstić information content (AvgIpc) is 2.82. The van der Waals surface area contributed by atoms with Crippen LogP contribution in [0.25, 0.3) is 0 Å². The second-order valence-corrected chi connectivity index (χ2v) is 7.30. The fourth-order valence-electron chi connectivity index (χ4n) is 1.67. The largest absolute Gasteiger partial charge is 0.478 e. The van der Waals surface area contributed by atoms with Crippen molar-refractivity contribution < 1.29 is 18.3 Å². The summed E-state index contributed by atoms with van der Waals surface area (Å²) in [5.41, 5.74) is 5.31. The van der Waals surface area contributed by atoms with Crippen LogP contribution in [0.5, 0.6) is 0 Å². The van der Waals surface area contributed by atoms with Gasteiger partial charge in [0.05, 0.1) is 17.0 Å². The van der Waals surface area contributed by atoms with Gasteiger partial charge in [0.2, 0.25) is 10.0 Å². The number of carbonyl (C=O) groups is 1. The van der Waals surface area contributed by atoms with Gasteiger partial charge < -0.3 is 10.8 Å². The van der Waals surface area contributed by atoms with Crippen molar-refractivity contribution in [2.24, 2.45) is 0 Å².